The predicted octanol–water partition coefficient (Wildman–Crippen LogP) is 3.33. The first-order chi connectivity index (χ1) is 19.0. The number of halogens is 2. The van der Waals surface area contributed by atoms with E-state index < -0.39 is 32.8 Å². The van der Waals surface area contributed by atoms with Crippen LogP contribution in [0.2, 0.25) is 0 Å². The Labute approximate surface area is 230 Å². The van der Waals surface area contributed by atoms with E-state index in [-0.39, 0.29) is 30.0 Å². The average Bonchev–Trinajstić information content (AvgIpc) is 3.36. The van der Waals surface area contributed by atoms with Gasteiger partial charge in [0.05, 0.1) is 49.9 Å². The summed E-state index contributed by atoms with van der Waals surface area (Å²) in [5.41, 5.74) is 2.24. The monoisotopic (exact) mass is 573 g/mol. The molecule has 0 radical (unpaired) electrons. The van der Waals surface area contributed by atoms with E-state index in [1.807, 2.05) is 19.2 Å². The number of methoxy groups -OCH3 is 2. The van der Waals surface area contributed by atoms with Crippen LogP contribution in [0, 0.1) is 18.6 Å². The molecule has 13 heteroatoms. The fourth-order valence-electron chi connectivity index (χ4n) is 5.86. The molecule has 1 spiro atoms. The van der Waals surface area contributed by atoms with Crippen molar-refractivity contribution < 1.29 is 31.5 Å². The Morgan fingerprint density at radius 2 is 1.77 bits per heavy atom. The standard InChI is InChI=1S/C27H29F2N5O5S/c1-15-18(14-34(31-15)17-5-8-32(13-17)40(4,36)37)20-9-19-16(11-30-20)12-33(26(35)27(19)6-7-27)25-23(28)21(38-2)10-22(39-3)24(25)29/h9-11,14,17H,5-8,12-13H2,1-4H3. The van der Waals surface area contributed by atoms with Crippen molar-refractivity contribution >= 4 is 21.6 Å². The van der Waals surface area contributed by atoms with Crippen LogP contribution in [0.5, 0.6) is 11.5 Å². The number of rotatable bonds is 6. The van der Waals surface area contributed by atoms with E-state index in [9.17, 15) is 13.2 Å². The molecule has 2 aromatic heterocycles. The maximum atomic E-state index is 15.3. The number of amides is 1. The molecule has 1 unspecified atom stereocenters. The quantitative estimate of drug-likeness (QED) is 0.445. The lowest BCUT2D eigenvalue weighted by Crippen LogP contribution is -2.45. The fourth-order valence-corrected chi connectivity index (χ4v) is 6.74. The second kappa shape index (κ2) is 9.23. The zero-order valence-electron chi connectivity index (χ0n) is 22.6. The second-order valence-electron chi connectivity index (χ2n) is 10.6. The van der Waals surface area contributed by atoms with Gasteiger partial charge in [0, 0.05) is 37.1 Å². The van der Waals surface area contributed by atoms with Gasteiger partial charge in [-0.2, -0.15) is 9.40 Å². The van der Waals surface area contributed by atoms with Gasteiger partial charge in [0.1, 0.15) is 5.69 Å². The lowest BCUT2D eigenvalue weighted by Gasteiger charge is -2.35. The molecule has 3 aromatic rings. The maximum Gasteiger partial charge on any atom is 0.238 e. The number of nitrogens with zero attached hydrogens (tertiary/aromatic N) is 5. The number of hydrogen-bond donors (Lipinski definition) is 0. The number of anilines is 1. The number of carbonyl (C=O) groups is 1. The van der Waals surface area contributed by atoms with E-state index in [0.717, 1.165) is 27.8 Å². The molecule has 0 N–H and O–H groups in total. The smallest absolute Gasteiger partial charge is 0.238 e. The third-order valence-corrected chi connectivity index (χ3v) is 9.49. The van der Waals surface area contributed by atoms with Crippen molar-refractivity contribution in [2.24, 2.45) is 0 Å². The summed E-state index contributed by atoms with van der Waals surface area (Å²) in [6, 6.07) is 2.90. The number of sulfonamides is 1. The highest BCUT2D eigenvalue weighted by Gasteiger charge is 2.57. The van der Waals surface area contributed by atoms with Crippen LogP contribution in [0.25, 0.3) is 11.3 Å². The highest BCUT2D eigenvalue weighted by Crippen LogP contribution is 2.55. The number of benzene rings is 1. The summed E-state index contributed by atoms with van der Waals surface area (Å²) in [6.45, 7) is 2.59. The van der Waals surface area contributed by atoms with Crippen LogP contribution in [-0.2, 0) is 26.8 Å². The molecule has 4 heterocycles. The van der Waals surface area contributed by atoms with E-state index in [1.54, 1.807) is 10.9 Å². The van der Waals surface area contributed by atoms with E-state index in [1.165, 1.54) is 24.8 Å². The molecule has 1 saturated heterocycles. The molecule has 2 fully saturated rings. The summed E-state index contributed by atoms with van der Waals surface area (Å²) < 4.78 is 67.9. The second-order valence-corrected chi connectivity index (χ2v) is 12.6. The summed E-state index contributed by atoms with van der Waals surface area (Å²) in [5, 5.41) is 4.64. The number of fused-ring (bicyclic) bond motifs is 2. The van der Waals surface area contributed by atoms with Gasteiger partial charge in [-0.25, -0.2) is 17.2 Å². The van der Waals surface area contributed by atoms with Crippen molar-refractivity contribution in [2.75, 3.05) is 38.5 Å². The Kier molecular flexibility index (Phi) is 6.15. The van der Waals surface area contributed by atoms with Crippen LogP contribution < -0.4 is 14.4 Å². The third-order valence-electron chi connectivity index (χ3n) is 8.22. The summed E-state index contributed by atoms with van der Waals surface area (Å²) in [4.78, 5) is 19.6. The fraction of sp³-hybridized carbons (Fsp3) is 0.444. The zero-order valence-corrected chi connectivity index (χ0v) is 23.4. The Morgan fingerprint density at radius 3 is 2.35 bits per heavy atom. The minimum atomic E-state index is -3.28. The molecule has 1 aromatic carbocycles. The molecule has 0 bridgehead atoms. The number of aromatic nitrogens is 3. The summed E-state index contributed by atoms with van der Waals surface area (Å²) in [7, 11) is -0.749. The largest absolute Gasteiger partial charge is 0.493 e. The average molecular weight is 574 g/mol. The minimum Gasteiger partial charge on any atom is -0.493 e. The van der Waals surface area contributed by atoms with Gasteiger partial charge in [-0.3, -0.25) is 14.5 Å². The van der Waals surface area contributed by atoms with Gasteiger partial charge >= 0.3 is 0 Å². The number of aryl methyl sites for hydroxylation is 1. The summed E-state index contributed by atoms with van der Waals surface area (Å²) in [6.07, 6.45) is 6.46. The lowest BCUT2D eigenvalue weighted by molar-refractivity contribution is -0.121. The van der Waals surface area contributed by atoms with Gasteiger partial charge in [0.2, 0.25) is 15.9 Å². The molecule has 10 nitrogen and oxygen atoms in total. The molecule has 212 valence electrons. The topological polar surface area (TPSA) is 107 Å². The summed E-state index contributed by atoms with van der Waals surface area (Å²) in [5.74, 6) is -2.77. The van der Waals surface area contributed by atoms with Gasteiger partial charge in [-0.1, -0.05) is 0 Å². The van der Waals surface area contributed by atoms with Crippen LogP contribution in [-0.4, -0.2) is 67.0 Å². The lowest BCUT2D eigenvalue weighted by atomic mass is 9.85. The number of carbonyl (C=O) groups excluding carboxylic acids is 1. The third kappa shape index (κ3) is 4.05. The van der Waals surface area contributed by atoms with Crippen LogP contribution in [0.15, 0.2) is 24.5 Å². The van der Waals surface area contributed by atoms with Gasteiger partial charge in [-0.15, -0.1) is 0 Å². The van der Waals surface area contributed by atoms with Crippen LogP contribution in [0.3, 0.4) is 0 Å². The van der Waals surface area contributed by atoms with Crippen molar-refractivity contribution in [3.05, 3.63) is 53.0 Å². The molecule has 1 aliphatic carbocycles. The molecular formula is C27H29F2N5O5S. The van der Waals surface area contributed by atoms with Gasteiger partial charge < -0.3 is 14.4 Å². The van der Waals surface area contributed by atoms with Gasteiger partial charge in [0.15, 0.2) is 23.1 Å². The van der Waals surface area contributed by atoms with E-state index in [4.69, 9.17) is 9.47 Å². The van der Waals surface area contributed by atoms with Gasteiger partial charge in [-0.05, 0) is 43.4 Å². The molecule has 6 rings (SSSR count). The number of ether oxygens (including phenoxy) is 2. The molecule has 2 aliphatic heterocycles. The van der Waals surface area contributed by atoms with Gasteiger partial charge in [0.25, 0.3) is 0 Å². The SMILES string of the molecule is COc1cc(OC)c(F)c(N2Cc3cnc(-c4cn(C5CCN(S(C)(=O)=O)C5)nc4C)cc3C3(CC3)C2=O)c1F. The summed E-state index contributed by atoms with van der Waals surface area (Å²) >= 11 is 0. The van der Waals surface area contributed by atoms with Crippen molar-refractivity contribution in [3.63, 3.8) is 0 Å². The molecule has 1 atom stereocenters. The Balaban J connectivity index is 1.36. The van der Waals surface area contributed by atoms with Crippen LogP contribution in [0.1, 0.15) is 42.1 Å². The molecule has 3 aliphatic rings. The van der Waals surface area contributed by atoms with Crippen molar-refractivity contribution in [1.82, 2.24) is 19.1 Å². The normalized spacial score (nSPS) is 20.2. The first kappa shape index (κ1) is 26.6. The van der Waals surface area contributed by atoms with Crippen molar-refractivity contribution in [2.45, 2.75) is 44.2 Å². The molecular weight excluding hydrogens is 544 g/mol. The first-order valence-electron chi connectivity index (χ1n) is 12.9. The Hall–Kier alpha value is -3.58. The van der Waals surface area contributed by atoms with Crippen molar-refractivity contribution in [1.29, 1.82) is 0 Å². The van der Waals surface area contributed by atoms with E-state index >= 15 is 8.78 Å². The molecule has 40 heavy (non-hydrogen) atoms. The highest BCUT2D eigenvalue weighted by atomic mass is 32.2. The van der Waals surface area contributed by atoms with Crippen LogP contribution >= 0.6 is 0 Å². The van der Waals surface area contributed by atoms with E-state index in [0.29, 0.717) is 43.6 Å². The molecule has 1 saturated carbocycles. The van der Waals surface area contributed by atoms with Crippen molar-refractivity contribution in [3.8, 4) is 22.8 Å². The Bertz CT molecular complexity index is 1620. The maximum absolute atomic E-state index is 15.3. The first-order valence-corrected chi connectivity index (χ1v) is 14.8. The number of pyridine rings is 1. The molecule has 1 amide bonds. The Morgan fingerprint density at radius 1 is 1.10 bits per heavy atom. The zero-order chi connectivity index (χ0) is 28.6. The highest BCUT2D eigenvalue weighted by molar-refractivity contribution is 7.88. The predicted molar refractivity (Wildman–Crippen MR) is 142 cm³/mol. The minimum absolute atomic E-state index is 0.0605. The van der Waals surface area contributed by atoms with Crippen LogP contribution in [0.4, 0.5) is 14.5 Å². The van der Waals surface area contributed by atoms with E-state index in [2.05, 4.69) is 10.1 Å². The number of hydrogen-bond acceptors (Lipinski definition) is 7.